The van der Waals surface area contributed by atoms with Crippen LogP contribution in [0.2, 0.25) is 5.54 Å². The molecule has 4 bridgehead atoms. The average molecular weight is 310 g/mol. The summed E-state index contributed by atoms with van der Waals surface area (Å²) in [5.74, 6) is 7.54. The van der Waals surface area contributed by atoms with E-state index in [0.717, 1.165) is 47.3 Å². The summed E-state index contributed by atoms with van der Waals surface area (Å²) in [6, 6.07) is 0. The SMILES string of the molecule is O=S(O)O[SiH2]C1CC2CC1C1C3CC(C4C=CCC43)C21. The molecule has 0 radical (unpaired) electrons. The molecule has 0 spiro atoms. The number of fused-ring (bicyclic) bond motifs is 12. The Morgan fingerprint density at radius 1 is 1.10 bits per heavy atom. The van der Waals surface area contributed by atoms with Crippen LogP contribution in [-0.4, -0.2) is 18.5 Å². The van der Waals surface area contributed by atoms with Gasteiger partial charge in [-0.2, -0.15) is 4.21 Å². The molecule has 0 saturated heterocycles. The second-order valence-electron chi connectivity index (χ2n) is 7.78. The first-order chi connectivity index (χ1) is 9.74. The first kappa shape index (κ1) is 12.6. The third-order valence-corrected chi connectivity index (χ3v) is 10.2. The molecular weight excluding hydrogens is 288 g/mol. The Morgan fingerprint density at radius 3 is 2.85 bits per heavy atom. The van der Waals surface area contributed by atoms with Crippen LogP contribution in [0.25, 0.3) is 0 Å². The smallest absolute Gasteiger partial charge is 0.290 e. The highest BCUT2D eigenvalue weighted by molar-refractivity contribution is 7.75. The zero-order chi connectivity index (χ0) is 13.4. The second-order valence-corrected chi connectivity index (χ2v) is 10.5. The Balaban J connectivity index is 1.38. The lowest BCUT2D eigenvalue weighted by atomic mass is 9.64. The monoisotopic (exact) mass is 310 g/mol. The van der Waals surface area contributed by atoms with Crippen molar-refractivity contribution in [3.63, 3.8) is 0 Å². The van der Waals surface area contributed by atoms with Crippen LogP contribution in [0.5, 0.6) is 0 Å². The highest BCUT2D eigenvalue weighted by Gasteiger charge is 2.67. The zero-order valence-corrected chi connectivity index (χ0v) is 13.8. The molecule has 0 heterocycles. The van der Waals surface area contributed by atoms with E-state index in [1.165, 1.54) is 25.7 Å². The van der Waals surface area contributed by atoms with Crippen LogP contribution in [-0.2, 0) is 15.2 Å². The predicted octanol–water partition coefficient (Wildman–Crippen LogP) is 2.13. The fourth-order valence-electron chi connectivity index (χ4n) is 7.28. The van der Waals surface area contributed by atoms with Crippen molar-refractivity contribution in [2.24, 2.45) is 47.3 Å². The average Bonchev–Trinajstić information content (AvgIpc) is 3.15. The molecule has 20 heavy (non-hydrogen) atoms. The van der Waals surface area contributed by atoms with Gasteiger partial charge >= 0.3 is 0 Å². The van der Waals surface area contributed by atoms with E-state index in [-0.39, 0.29) is 0 Å². The van der Waals surface area contributed by atoms with Crippen molar-refractivity contribution in [1.29, 1.82) is 0 Å². The van der Waals surface area contributed by atoms with Crippen LogP contribution >= 0.6 is 0 Å². The van der Waals surface area contributed by atoms with Gasteiger partial charge in [0.2, 0.25) is 0 Å². The van der Waals surface area contributed by atoms with E-state index in [1.807, 2.05) is 0 Å². The summed E-state index contributed by atoms with van der Waals surface area (Å²) < 4.78 is 24.8. The minimum absolute atomic E-state index is 0.685. The third kappa shape index (κ3) is 1.50. The number of hydrogen-bond acceptors (Lipinski definition) is 2. The van der Waals surface area contributed by atoms with Crippen molar-refractivity contribution in [2.75, 3.05) is 0 Å². The third-order valence-electron chi connectivity index (χ3n) is 7.49. The second kappa shape index (κ2) is 4.28. The van der Waals surface area contributed by atoms with E-state index >= 15 is 0 Å². The Labute approximate surface area is 125 Å². The largest absolute Gasteiger partial charge is 0.321 e. The van der Waals surface area contributed by atoms with Crippen molar-refractivity contribution in [2.45, 2.75) is 31.2 Å². The summed E-state index contributed by atoms with van der Waals surface area (Å²) in [7, 11) is -0.826. The van der Waals surface area contributed by atoms with Gasteiger partial charge in [-0.15, -0.1) is 0 Å². The maximum Gasteiger partial charge on any atom is 0.290 e. The Bertz CT molecular complexity index is 496. The fraction of sp³-hybridized carbons (Fsp3) is 0.867. The van der Waals surface area contributed by atoms with E-state index in [2.05, 4.69) is 12.2 Å². The number of allylic oxidation sites excluding steroid dienone is 2. The van der Waals surface area contributed by atoms with Gasteiger partial charge in [-0.05, 0) is 78.6 Å². The lowest BCUT2D eigenvalue weighted by Gasteiger charge is -2.43. The number of rotatable bonds is 3. The van der Waals surface area contributed by atoms with E-state index in [0.29, 0.717) is 5.54 Å². The Hall–Kier alpha value is 0.0269. The molecule has 5 aliphatic rings. The summed E-state index contributed by atoms with van der Waals surface area (Å²) in [5.41, 5.74) is 0.685. The molecule has 1 N–H and O–H groups in total. The van der Waals surface area contributed by atoms with Gasteiger partial charge in [-0.1, -0.05) is 12.2 Å². The molecular formula is C15H22O3SSi. The maximum absolute atomic E-state index is 10.8. The van der Waals surface area contributed by atoms with Crippen LogP contribution in [0.1, 0.15) is 25.7 Å². The molecule has 0 aromatic carbocycles. The first-order valence-electron chi connectivity index (χ1n) is 8.15. The summed E-state index contributed by atoms with van der Waals surface area (Å²) in [6.45, 7) is 0. The standard InChI is InChI=1S/C15H22O3SSi/c16-19(17)18-20-13-5-7-4-12(13)15-11-6-10(14(7)15)8-2-1-3-9(8)11/h1-2,7-15H,3-6,20H2,(H,16,17). The lowest BCUT2D eigenvalue weighted by Crippen LogP contribution is -2.38. The Morgan fingerprint density at radius 2 is 2.00 bits per heavy atom. The molecule has 0 aromatic heterocycles. The molecule has 0 amide bonds. The molecule has 10 atom stereocenters. The highest BCUT2D eigenvalue weighted by atomic mass is 32.2. The molecule has 4 fully saturated rings. The van der Waals surface area contributed by atoms with Crippen LogP contribution in [0.15, 0.2) is 12.2 Å². The molecule has 5 heteroatoms. The van der Waals surface area contributed by atoms with Crippen molar-refractivity contribution in [3.05, 3.63) is 12.2 Å². The van der Waals surface area contributed by atoms with Gasteiger partial charge in [0.25, 0.3) is 11.4 Å². The summed E-state index contributed by atoms with van der Waals surface area (Å²) in [4.78, 5) is 0. The van der Waals surface area contributed by atoms with Crippen molar-refractivity contribution in [1.82, 2.24) is 0 Å². The van der Waals surface area contributed by atoms with Crippen LogP contribution in [0.4, 0.5) is 0 Å². The fourth-order valence-corrected chi connectivity index (χ4v) is 9.76. The number of hydrogen-bond donors (Lipinski definition) is 1. The van der Waals surface area contributed by atoms with Gasteiger partial charge in [0.15, 0.2) is 9.76 Å². The molecule has 5 aliphatic carbocycles. The molecule has 5 rings (SSSR count). The van der Waals surface area contributed by atoms with E-state index in [1.54, 1.807) is 0 Å². The normalized spacial score (nSPS) is 59.8. The van der Waals surface area contributed by atoms with Gasteiger partial charge in [0.05, 0.1) is 0 Å². The highest BCUT2D eigenvalue weighted by Crippen LogP contribution is 2.73. The van der Waals surface area contributed by atoms with Crippen molar-refractivity contribution in [3.8, 4) is 0 Å². The predicted molar refractivity (Wildman–Crippen MR) is 79.7 cm³/mol. The van der Waals surface area contributed by atoms with Gasteiger partial charge in [-0.25, -0.2) is 0 Å². The minimum atomic E-state index is -2.02. The van der Waals surface area contributed by atoms with Gasteiger partial charge < -0.3 is 3.87 Å². The van der Waals surface area contributed by atoms with Crippen molar-refractivity contribution < 1.29 is 12.6 Å². The van der Waals surface area contributed by atoms with E-state index in [4.69, 9.17) is 8.42 Å². The van der Waals surface area contributed by atoms with Crippen LogP contribution in [0, 0.1) is 47.3 Å². The van der Waals surface area contributed by atoms with Crippen LogP contribution in [0.3, 0.4) is 0 Å². The molecule has 0 aliphatic heterocycles. The van der Waals surface area contributed by atoms with Gasteiger partial charge in [0.1, 0.15) is 0 Å². The molecule has 4 saturated carbocycles. The van der Waals surface area contributed by atoms with Gasteiger partial charge in [0, 0.05) is 0 Å². The quantitative estimate of drug-likeness (QED) is 0.376. The Kier molecular flexibility index (Phi) is 2.69. The summed E-state index contributed by atoms with van der Waals surface area (Å²) in [5, 5.41) is 0. The molecule has 10 unspecified atom stereocenters. The van der Waals surface area contributed by atoms with E-state index in [9.17, 15) is 4.21 Å². The topological polar surface area (TPSA) is 46.5 Å². The molecule has 110 valence electrons. The first-order valence-corrected chi connectivity index (χ1v) is 10.6. The maximum atomic E-state index is 10.8. The summed E-state index contributed by atoms with van der Waals surface area (Å²) in [6.07, 6.45) is 10.5. The zero-order valence-electron chi connectivity index (χ0n) is 11.6. The summed E-state index contributed by atoms with van der Waals surface area (Å²) >= 11 is -2.02. The van der Waals surface area contributed by atoms with Crippen molar-refractivity contribution >= 4 is 21.1 Å². The lowest BCUT2D eigenvalue weighted by molar-refractivity contribution is 0.0811. The van der Waals surface area contributed by atoms with Crippen LogP contribution < -0.4 is 0 Å². The van der Waals surface area contributed by atoms with Gasteiger partial charge in [-0.3, -0.25) is 4.55 Å². The molecule has 0 aromatic rings. The van der Waals surface area contributed by atoms with E-state index < -0.39 is 21.1 Å². The molecule has 3 nitrogen and oxygen atoms in total. The minimum Gasteiger partial charge on any atom is -0.321 e.